The smallest absolute Gasteiger partial charge is 0.254 e. The van der Waals surface area contributed by atoms with E-state index < -0.39 is 0 Å². The van der Waals surface area contributed by atoms with Crippen LogP contribution < -0.4 is 0 Å². The van der Waals surface area contributed by atoms with Crippen molar-refractivity contribution in [1.82, 2.24) is 5.06 Å². The Labute approximate surface area is 115 Å². The van der Waals surface area contributed by atoms with E-state index in [1.54, 1.807) is 18.2 Å². The number of carbonyl (C=O) groups excluding carboxylic acids is 1. The molecule has 0 unspecified atom stereocenters. The number of amides is 1. The third kappa shape index (κ3) is 1.66. The largest absolute Gasteiger partial charge is 0.285 e. The highest BCUT2D eigenvalue weighted by atomic mass is 35.5. The number of hydroxylamine groups is 2. The number of carbonyl (C=O) groups is 1. The van der Waals surface area contributed by atoms with Crippen LogP contribution in [0.25, 0.3) is 0 Å². The molecule has 1 aromatic rings. The number of allylic oxidation sites excluding steroid dienone is 1. The molecule has 1 aliphatic heterocycles. The van der Waals surface area contributed by atoms with Crippen LogP contribution in [0.4, 0.5) is 0 Å². The molecular formula is C13H11Cl2NO2. The van der Waals surface area contributed by atoms with Gasteiger partial charge in [-0.2, -0.15) is 0 Å². The molecule has 94 valence electrons. The third-order valence-electron chi connectivity index (χ3n) is 3.68. The maximum atomic E-state index is 12.1. The molecule has 1 aliphatic carbocycles. The van der Waals surface area contributed by atoms with Crippen molar-refractivity contribution in [3.05, 3.63) is 46.0 Å². The summed E-state index contributed by atoms with van der Waals surface area (Å²) in [5.41, 5.74) is 0.737. The summed E-state index contributed by atoms with van der Waals surface area (Å²) in [7, 11) is 0. The first kappa shape index (κ1) is 12.0. The molecule has 18 heavy (non-hydrogen) atoms. The molecule has 0 saturated carbocycles. The summed E-state index contributed by atoms with van der Waals surface area (Å²) < 4.78 is 0. The zero-order valence-corrected chi connectivity index (χ0v) is 10.9. The van der Waals surface area contributed by atoms with Gasteiger partial charge >= 0.3 is 0 Å². The van der Waals surface area contributed by atoms with Crippen molar-refractivity contribution in [3.63, 3.8) is 0 Å². The molecule has 1 fully saturated rings. The lowest BCUT2D eigenvalue weighted by atomic mass is 9.85. The van der Waals surface area contributed by atoms with Gasteiger partial charge in [-0.1, -0.05) is 41.4 Å². The number of rotatable bonds is 1. The minimum absolute atomic E-state index is 0.0566. The predicted molar refractivity (Wildman–Crippen MR) is 68.9 cm³/mol. The Hall–Kier alpha value is -1.03. The van der Waals surface area contributed by atoms with Crippen molar-refractivity contribution in [2.45, 2.75) is 18.4 Å². The number of benzene rings is 1. The monoisotopic (exact) mass is 283 g/mol. The van der Waals surface area contributed by atoms with Crippen LogP contribution in [-0.4, -0.2) is 22.2 Å². The molecule has 3 nitrogen and oxygen atoms in total. The van der Waals surface area contributed by atoms with Gasteiger partial charge in [0.25, 0.3) is 5.91 Å². The van der Waals surface area contributed by atoms with Gasteiger partial charge in [-0.25, -0.2) is 5.06 Å². The highest BCUT2D eigenvalue weighted by molar-refractivity contribution is 6.35. The fourth-order valence-corrected chi connectivity index (χ4v) is 3.37. The molecule has 5 heteroatoms. The highest BCUT2D eigenvalue weighted by Gasteiger charge is 2.49. The topological polar surface area (TPSA) is 40.5 Å². The second kappa shape index (κ2) is 4.26. The SMILES string of the molecule is O=C1[C@H](c2ccc(Cl)cc2Cl)[C@H]2CC=C[C@@H]2N1O. The summed E-state index contributed by atoms with van der Waals surface area (Å²) in [6, 6.07) is 4.88. The number of hydrogen-bond acceptors (Lipinski definition) is 2. The van der Waals surface area contributed by atoms with Crippen molar-refractivity contribution in [2.75, 3.05) is 0 Å². The second-order valence-corrected chi connectivity index (χ2v) is 5.49. The van der Waals surface area contributed by atoms with Gasteiger partial charge in [-0.3, -0.25) is 10.0 Å². The molecule has 1 saturated heterocycles. The quantitative estimate of drug-likeness (QED) is 0.635. The Bertz CT molecular complexity index is 544. The summed E-state index contributed by atoms with van der Waals surface area (Å²) >= 11 is 12.0. The molecular weight excluding hydrogens is 273 g/mol. The Balaban J connectivity index is 2.04. The zero-order chi connectivity index (χ0) is 12.9. The molecule has 0 aromatic heterocycles. The van der Waals surface area contributed by atoms with E-state index in [1.165, 1.54) is 0 Å². The lowest BCUT2D eigenvalue weighted by Gasteiger charge is -2.16. The van der Waals surface area contributed by atoms with Gasteiger partial charge in [0.15, 0.2) is 0 Å². The minimum atomic E-state index is -0.389. The van der Waals surface area contributed by atoms with E-state index in [0.29, 0.717) is 10.0 Å². The molecule has 1 aromatic carbocycles. The lowest BCUT2D eigenvalue weighted by Crippen LogP contribution is -2.29. The lowest BCUT2D eigenvalue weighted by molar-refractivity contribution is -0.163. The highest BCUT2D eigenvalue weighted by Crippen LogP contribution is 2.45. The van der Waals surface area contributed by atoms with E-state index in [9.17, 15) is 10.0 Å². The van der Waals surface area contributed by atoms with E-state index in [-0.39, 0.29) is 23.8 Å². The van der Waals surface area contributed by atoms with E-state index in [4.69, 9.17) is 23.2 Å². The second-order valence-electron chi connectivity index (χ2n) is 4.64. The number of fused-ring (bicyclic) bond motifs is 1. The van der Waals surface area contributed by atoms with Crippen LogP contribution in [0.1, 0.15) is 17.9 Å². The fraction of sp³-hybridized carbons (Fsp3) is 0.308. The van der Waals surface area contributed by atoms with Gasteiger partial charge in [-0.15, -0.1) is 0 Å². The summed E-state index contributed by atoms with van der Waals surface area (Å²) in [4.78, 5) is 12.1. The van der Waals surface area contributed by atoms with Crippen LogP contribution in [0.3, 0.4) is 0 Å². The van der Waals surface area contributed by atoms with E-state index in [2.05, 4.69) is 0 Å². The molecule has 3 rings (SSSR count). The Morgan fingerprint density at radius 2 is 2.11 bits per heavy atom. The van der Waals surface area contributed by atoms with Crippen LogP contribution in [0.15, 0.2) is 30.4 Å². The number of hydrogen-bond donors (Lipinski definition) is 1. The first-order chi connectivity index (χ1) is 8.59. The molecule has 1 amide bonds. The van der Waals surface area contributed by atoms with Gasteiger partial charge < -0.3 is 0 Å². The average molecular weight is 284 g/mol. The van der Waals surface area contributed by atoms with E-state index in [1.807, 2.05) is 12.2 Å². The van der Waals surface area contributed by atoms with Crippen LogP contribution >= 0.6 is 23.2 Å². The standard InChI is InChI=1S/C13H11Cl2NO2/c14-7-4-5-8(10(15)6-7)12-9-2-1-3-11(9)16(18)13(12)17/h1,3-6,9,11-12,18H,2H2/t9-,11-,12+/m0/s1. The predicted octanol–water partition coefficient (Wildman–Crippen LogP) is 3.25. The maximum absolute atomic E-state index is 12.1. The Morgan fingerprint density at radius 3 is 2.83 bits per heavy atom. The molecule has 0 spiro atoms. The van der Waals surface area contributed by atoms with Crippen molar-refractivity contribution < 1.29 is 10.0 Å². The molecule has 0 bridgehead atoms. The average Bonchev–Trinajstić information content (AvgIpc) is 2.87. The maximum Gasteiger partial charge on any atom is 0.254 e. The first-order valence-corrected chi connectivity index (χ1v) is 6.49. The molecule has 1 heterocycles. The van der Waals surface area contributed by atoms with Crippen molar-refractivity contribution in [1.29, 1.82) is 0 Å². The van der Waals surface area contributed by atoms with Crippen LogP contribution in [0, 0.1) is 5.92 Å². The summed E-state index contributed by atoms with van der Waals surface area (Å²) in [6.07, 6.45) is 4.63. The Morgan fingerprint density at radius 1 is 1.33 bits per heavy atom. The zero-order valence-electron chi connectivity index (χ0n) is 9.38. The van der Waals surface area contributed by atoms with E-state index in [0.717, 1.165) is 17.0 Å². The summed E-state index contributed by atoms with van der Waals surface area (Å²) in [5.74, 6) is -0.625. The fourth-order valence-electron chi connectivity index (χ4n) is 2.84. The van der Waals surface area contributed by atoms with Gasteiger partial charge in [-0.05, 0) is 24.1 Å². The van der Waals surface area contributed by atoms with Crippen molar-refractivity contribution in [2.24, 2.45) is 5.92 Å². The molecule has 3 atom stereocenters. The summed E-state index contributed by atoms with van der Waals surface area (Å²) in [6.45, 7) is 0. The van der Waals surface area contributed by atoms with Crippen LogP contribution in [-0.2, 0) is 4.79 Å². The Kier molecular flexibility index (Phi) is 2.85. The van der Waals surface area contributed by atoms with Gasteiger partial charge in [0, 0.05) is 16.0 Å². The van der Waals surface area contributed by atoms with Gasteiger partial charge in [0.05, 0.1) is 12.0 Å². The molecule has 2 aliphatic rings. The van der Waals surface area contributed by atoms with Crippen molar-refractivity contribution in [3.8, 4) is 0 Å². The first-order valence-electron chi connectivity index (χ1n) is 5.73. The van der Waals surface area contributed by atoms with E-state index >= 15 is 0 Å². The number of halogens is 2. The minimum Gasteiger partial charge on any atom is -0.285 e. The summed E-state index contributed by atoms with van der Waals surface area (Å²) in [5, 5.41) is 11.6. The third-order valence-corrected chi connectivity index (χ3v) is 4.24. The van der Waals surface area contributed by atoms with Crippen molar-refractivity contribution >= 4 is 29.1 Å². The molecule has 0 radical (unpaired) electrons. The molecule has 1 N–H and O–H groups in total. The number of nitrogens with zero attached hydrogens (tertiary/aromatic N) is 1. The van der Waals surface area contributed by atoms with Gasteiger partial charge in [0.2, 0.25) is 0 Å². The van der Waals surface area contributed by atoms with Crippen LogP contribution in [0.5, 0.6) is 0 Å². The normalized spacial score (nSPS) is 30.1. The van der Waals surface area contributed by atoms with Crippen LogP contribution in [0.2, 0.25) is 10.0 Å². The van der Waals surface area contributed by atoms with Gasteiger partial charge in [0.1, 0.15) is 0 Å².